The van der Waals surface area contributed by atoms with Crippen LogP contribution < -0.4 is 0 Å². The normalized spacial score (nSPS) is 22.9. The molecule has 2 heterocycles. The first-order valence-corrected chi connectivity index (χ1v) is 12.2. The molecule has 0 radical (unpaired) electrons. The van der Waals surface area contributed by atoms with Gasteiger partial charge in [-0.2, -0.15) is 4.31 Å². The number of halogens is 1. The molecule has 1 aromatic heterocycles. The lowest BCUT2D eigenvalue weighted by atomic mass is 10.1. The fourth-order valence-electron chi connectivity index (χ4n) is 3.17. The topological polar surface area (TPSA) is 97.3 Å². The van der Waals surface area contributed by atoms with Crippen LogP contribution in [0.25, 0.3) is 11.3 Å². The maximum atomic E-state index is 14.7. The third-order valence-corrected chi connectivity index (χ3v) is 8.39. The Morgan fingerprint density at radius 2 is 1.86 bits per heavy atom. The van der Waals surface area contributed by atoms with E-state index in [4.69, 9.17) is 0 Å². The van der Waals surface area contributed by atoms with E-state index >= 15 is 0 Å². The molecule has 1 fully saturated rings. The summed E-state index contributed by atoms with van der Waals surface area (Å²) in [6.07, 6.45) is 2.37. The number of hydrogen-bond acceptors (Lipinski definition) is 6. The molecule has 0 N–H and O–H groups in total. The van der Waals surface area contributed by atoms with Crippen molar-refractivity contribution in [1.82, 2.24) is 14.5 Å². The van der Waals surface area contributed by atoms with Gasteiger partial charge in [0.05, 0.1) is 10.9 Å². The summed E-state index contributed by atoms with van der Waals surface area (Å²) in [4.78, 5) is 0. The lowest BCUT2D eigenvalue weighted by molar-refractivity contribution is 0.281. The van der Waals surface area contributed by atoms with Gasteiger partial charge in [0, 0.05) is 30.0 Å². The van der Waals surface area contributed by atoms with E-state index in [1.807, 2.05) is 6.92 Å². The van der Waals surface area contributed by atoms with Crippen molar-refractivity contribution in [2.45, 2.75) is 49.6 Å². The molecule has 10 heteroatoms. The van der Waals surface area contributed by atoms with Gasteiger partial charge in [-0.15, -0.1) is 10.2 Å². The summed E-state index contributed by atoms with van der Waals surface area (Å²) < 4.78 is 64.1. The van der Waals surface area contributed by atoms with Gasteiger partial charge in [-0.05, 0) is 44.9 Å². The molecule has 0 saturated carbocycles. The summed E-state index contributed by atoms with van der Waals surface area (Å²) in [5.74, 6) is -0.549. The van der Waals surface area contributed by atoms with Crippen LogP contribution in [0.2, 0.25) is 0 Å². The van der Waals surface area contributed by atoms with E-state index in [1.54, 1.807) is 13.0 Å². The second-order valence-corrected chi connectivity index (χ2v) is 11.4. The molecule has 3 rings (SSSR count). The minimum atomic E-state index is -3.46. The molecule has 7 nitrogen and oxygen atoms in total. The Bertz CT molecular complexity index is 1090. The van der Waals surface area contributed by atoms with E-state index in [0.717, 1.165) is 12.7 Å². The second-order valence-electron chi connectivity index (χ2n) is 7.16. The zero-order valence-corrected chi connectivity index (χ0v) is 17.5. The van der Waals surface area contributed by atoms with Gasteiger partial charge in [0.25, 0.3) is 0 Å². The Morgan fingerprint density at radius 1 is 1.14 bits per heavy atom. The Hall–Kier alpha value is -1.91. The van der Waals surface area contributed by atoms with E-state index in [1.165, 1.54) is 28.6 Å². The molecular weight excluding hydrogens is 405 g/mol. The Kier molecular flexibility index (Phi) is 5.57. The maximum Gasteiger partial charge on any atom is 0.217 e. The molecule has 2 aromatic rings. The summed E-state index contributed by atoms with van der Waals surface area (Å²) in [6.45, 7) is 3.47. The minimum Gasteiger partial charge on any atom is -0.222 e. The lowest BCUT2D eigenvalue weighted by Gasteiger charge is -2.36. The summed E-state index contributed by atoms with van der Waals surface area (Å²) in [6, 6.07) is 6.98. The molecule has 2 atom stereocenters. The number of sulfone groups is 1. The highest BCUT2D eigenvalue weighted by Gasteiger charge is 2.37. The molecule has 0 spiro atoms. The molecule has 1 aliphatic heterocycles. The van der Waals surface area contributed by atoms with Crippen molar-refractivity contribution in [3.8, 4) is 11.3 Å². The maximum absolute atomic E-state index is 14.7. The van der Waals surface area contributed by atoms with Crippen molar-refractivity contribution >= 4 is 19.9 Å². The molecular formula is C18H22FN3O4S2. The van der Waals surface area contributed by atoms with Gasteiger partial charge in [-0.25, -0.2) is 21.2 Å². The second kappa shape index (κ2) is 7.49. The molecule has 0 aliphatic carbocycles. The summed E-state index contributed by atoms with van der Waals surface area (Å²) in [5, 5.41) is 6.87. The van der Waals surface area contributed by atoms with Crippen molar-refractivity contribution < 1.29 is 21.2 Å². The fraction of sp³-hybridized carbons (Fsp3) is 0.444. The van der Waals surface area contributed by atoms with Crippen LogP contribution in [0.1, 0.15) is 32.3 Å². The van der Waals surface area contributed by atoms with Gasteiger partial charge in [-0.1, -0.05) is 12.1 Å². The average molecular weight is 428 g/mol. The van der Waals surface area contributed by atoms with Crippen molar-refractivity contribution in [3.05, 3.63) is 41.7 Å². The third-order valence-electron chi connectivity index (χ3n) is 5.01. The zero-order valence-electron chi connectivity index (χ0n) is 15.8. The fourth-order valence-corrected chi connectivity index (χ4v) is 5.50. The van der Waals surface area contributed by atoms with Gasteiger partial charge in [0.15, 0.2) is 14.9 Å². The van der Waals surface area contributed by atoms with Gasteiger partial charge in [-0.3, -0.25) is 0 Å². The highest BCUT2D eigenvalue weighted by molar-refractivity contribution is 7.90. The van der Waals surface area contributed by atoms with Crippen LogP contribution in [-0.4, -0.2) is 48.9 Å². The number of rotatable bonds is 4. The van der Waals surface area contributed by atoms with Crippen molar-refractivity contribution in [3.63, 3.8) is 0 Å². The van der Waals surface area contributed by atoms with Crippen LogP contribution in [0, 0.1) is 5.82 Å². The average Bonchev–Trinajstić information content (AvgIpc) is 2.63. The number of sulfonamides is 1. The van der Waals surface area contributed by atoms with Crippen LogP contribution in [0.4, 0.5) is 4.39 Å². The van der Waals surface area contributed by atoms with Crippen molar-refractivity contribution in [2.24, 2.45) is 0 Å². The SMILES string of the molecule is CC1CC[C@H](C)N(Cc2ccc(-c3ccc(S(C)(=O)=O)nn3)cc2F)S1(=O)=O. The van der Waals surface area contributed by atoms with Crippen molar-refractivity contribution in [2.75, 3.05) is 6.26 Å². The standard InChI is InChI=1S/C18H22FN3O4S2/c1-12-4-5-13(2)28(25,26)22(12)11-15-7-6-14(10-16(15)19)17-8-9-18(21-20-17)27(3,23)24/h6-10,12-13H,4-5,11H2,1-3H3/t12-,13?/m0/s1. The van der Waals surface area contributed by atoms with Gasteiger partial charge in [0.1, 0.15) is 5.82 Å². The quantitative estimate of drug-likeness (QED) is 0.743. The summed E-state index contributed by atoms with van der Waals surface area (Å²) in [5.41, 5.74) is 1.02. The van der Waals surface area contributed by atoms with Crippen molar-refractivity contribution in [1.29, 1.82) is 0 Å². The van der Waals surface area contributed by atoms with Gasteiger partial charge >= 0.3 is 0 Å². The molecule has 152 valence electrons. The largest absolute Gasteiger partial charge is 0.222 e. The molecule has 1 aliphatic rings. The molecule has 0 amide bonds. The predicted octanol–water partition coefficient (Wildman–Crippen LogP) is 2.39. The Balaban J connectivity index is 1.87. The molecule has 28 heavy (non-hydrogen) atoms. The summed E-state index contributed by atoms with van der Waals surface area (Å²) in [7, 11) is -6.92. The Morgan fingerprint density at radius 3 is 2.43 bits per heavy atom. The monoisotopic (exact) mass is 427 g/mol. The smallest absolute Gasteiger partial charge is 0.217 e. The van der Waals surface area contributed by atoms with Gasteiger partial charge < -0.3 is 0 Å². The molecule has 1 saturated heterocycles. The number of aromatic nitrogens is 2. The van der Waals surface area contributed by atoms with E-state index in [-0.39, 0.29) is 23.2 Å². The zero-order chi connectivity index (χ0) is 20.7. The summed E-state index contributed by atoms with van der Waals surface area (Å²) >= 11 is 0. The first-order chi connectivity index (χ1) is 13.0. The first-order valence-electron chi connectivity index (χ1n) is 8.83. The van der Waals surface area contributed by atoms with E-state index < -0.39 is 30.9 Å². The highest BCUT2D eigenvalue weighted by atomic mass is 32.2. The molecule has 1 unspecified atom stereocenters. The van der Waals surface area contributed by atoms with E-state index in [9.17, 15) is 21.2 Å². The number of benzene rings is 1. The van der Waals surface area contributed by atoms with Crippen LogP contribution in [0.15, 0.2) is 35.4 Å². The van der Waals surface area contributed by atoms with Crippen LogP contribution in [0.5, 0.6) is 0 Å². The van der Waals surface area contributed by atoms with E-state index in [0.29, 0.717) is 17.7 Å². The molecule has 0 bridgehead atoms. The predicted molar refractivity (Wildman–Crippen MR) is 103 cm³/mol. The van der Waals surface area contributed by atoms with Crippen LogP contribution >= 0.6 is 0 Å². The van der Waals surface area contributed by atoms with Crippen LogP contribution in [0.3, 0.4) is 0 Å². The van der Waals surface area contributed by atoms with Gasteiger partial charge in [0.2, 0.25) is 10.0 Å². The first kappa shape index (κ1) is 20.8. The third kappa shape index (κ3) is 4.08. The number of hydrogen-bond donors (Lipinski definition) is 0. The van der Waals surface area contributed by atoms with Crippen LogP contribution in [-0.2, 0) is 26.4 Å². The molecule has 1 aromatic carbocycles. The minimum absolute atomic E-state index is 0.0291. The lowest BCUT2D eigenvalue weighted by Crippen LogP contribution is -2.47. The highest BCUT2D eigenvalue weighted by Crippen LogP contribution is 2.29. The number of nitrogens with zero attached hydrogens (tertiary/aromatic N) is 3. The Labute approximate surface area is 164 Å². The van der Waals surface area contributed by atoms with E-state index in [2.05, 4.69) is 10.2 Å².